The standard InChI is InChI=1S/C13H16ClN3O/c1-17-12(14)8-16-13(17)9-15-7-10-3-5-11(18-2)6-4-10/h3-6,8,15H,7,9H2,1-2H3. The van der Waals surface area contributed by atoms with Crippen molar-refractivity contribution in [1.29, 1.82) is 0 Å². The maximum atomic E-state index is 5.92. The minimum atomic E-state index is 0.649. The molecule has 0 fully saturated rings. The molecule has 0 aliphatic rings. The van der Waals surface area contributed by atoms with Gasteiger partial charge in [-0.1, -0.05) is 23.7 Å². The molecule has 4 nitrogen and oxygen atoms in total. The van der Waals surface area contributed by atoms with E-state index in [1.54, 1.807) is 13.3 Å². The highest BCUT2D eigenvalue weighted by molar-refractivity contribution is 6.29. The van der Waals surface area contributed by atoms with Crippen LogP contribution in [-0.2, 0) is 20.1 Å². The van der Waals surface area contributed by atoms with Crippen LogP contribution in [0.3, 0.4) is 0 Å². The molecular formula is C13H16ClN3O. The molecule has 0 spiro atoms. The number of methoxy groups -OCH3 is 1. The Kier molecular flexibility index (Phi) is 4.23. The summed E-state index contributed by atoms with van der Waals surface area (Å²) in [6.07, 6.45) is 1.66. The highest BCUT2D eigenvalue weighted by Gasteiger charge is 2.03. The van der Waals surface area contributed by atoms with Crippen LogP contribution in [-0.4, -0.2) is 16.7 Å². The Hall–Kier alpha value is -1.52. The number of nitrogens with zero attached hydrogens (tertiary/aromatic N) is 2. The predicted octanol–water partition coefficient (Wildman–Crippen LogP) is 2.37. The third kappa shape index (κ3) is 3.03. The molecule has 5 heteroatoms. The highest BCUT2D eigenvalue weighted by Crippen LogP contribution is 2.12. The molecule has 0 amide bonds. The Morgan fingerprint density at radius 3 is 2.56 bits per heavy atom. The van der Waals surface area contributed by atoms with Crippen molar-refractivity contribution < 1.29 is 4.74 Å². The van der Waals surface area contributed by atoms with E-state index >= 15 is 0 Å². The molecule has 2 aromatic rings. The van der Waals surface area contributed by atoms with E-state index in [1.807, 2.05) is 35.9 Å². The van der Waals surface area contributed by atoms with Gasteiger partial charge in [-0.05, 0) is 17.7 Å². The van der Waals surface area contributed by atoms with Gasteiger partial charge in [-0.2, -0.15) is 0 Å². The average Bonchev–Trinajstić information content (AvgIpc) is 2.71. The van der Waals surface area contributed by atoms with Crippen molar-refractivity contribution in [1.82, 2.24) is 14.9 Å². The van der Waals surface area contributed by atoms with Gasteiger partial charge in [0.15, 0.2) is 0 Å². The fourth-order valence-electron chi connectivity index (χ4n) is 1.65. The summed E-state index contributed by atoms with van der Waals surface area (Å²) in [4.78, 5) is 4.22. The van der Waals surface area contributed by atoms with Gasteiger partial charge in [-0.3, -0.25) is 0 Å². The van der Waals surface area contributed by atoms with Crippen LogP contribution in [0.1, 0.15) is 11.4 Å². The van der Waals surface area contributed by atoms with Crippen molar-refractivity contribution in [3.8, 4) is 5.75 Å². The molecule has 18 heavy (non-hydrogen) atoms. The summed E-state index contributed by atoms with van der Waals surface area (Å²) >= 11 is 5.92. The van der Waals surface area contributed by atoms with Crippen LogP contribution in [0.2, 0.25) is 5.15 Å². The van der Waals surface area contributed by atoms with Gasteiger partial charge in [0.2, 0.25) is 0 Å². The molecule has 0 saturated heterocycles. The molecule has 0 aliphatic carbocycles. The van der Waals surface area contributed by atoms with E-state index < -0.39 is 0 Å². The van der Waals surface area contributed by atoms with Gasteiger partial charge in [-0.15, -0.1) is 0 Å². The van der Waals surface area contributed by atoms with E-state index in [-0.39, 0.29) is 0 Å². The zero-order valence-corrected chi connectivity index (χ0v) is 11.2. The van der Waals surface area contributed by atoms with Crippen molar-refractivity contribution in [2.75, 3.05) is 7.11 Å². The summed E-state index contributed by atoms with van der Waals surface area (Å²) in [6.45, 7) is 1.48. The van der Waals surface area contributed by atoms with E-state index in [1.165, 1.54) is 5.56 Å². The maximum Gasteiger partial charge on any atom is 0.128 e. The van der Waals surface area contributed by atoms with Gasteiger partial charge in [-0.25, -0.2) is 4.98 Å². The largest absolute Gasteiger partial charge is 0.497 e. The number of halogens is 1. The molecule has 0 bridgehead atoms. The lowest BCUT2D eigenvalue weighted by atomic mass is 10.2. The number of ether oxygens (including phenoxy) is 1. The van der Waals surface area contributed by atoms with E-state index in [0.29, 0.717) is 11.7 Å². The topological polar surface area (TPSA) is 39.1 Å². The second-order valence-corrected chi connectivity index (χ2v) is 4.40. The van der Waals surface area contributed by atoms with Crippen molar-refractivity contribution >= 4 is 11.6 Å². The molecule has 0 atom stereocenters. The quantitative estimate of drug-likeness (QED) is 0.902. The predicted molar refractivity (Wildman–Crippen MR) is 71.8 cm³/mol. The Labute approximate surface area is 112 Å². The molecule has 0 aliphatic heterocycles. The van der Waals surface area contributed by atoms with Gasteiger partial charge in [0, 0.05) is 13.6 Å². The van der Waals surface area contributed by atoms with Crippen LogP contribution in [0.5, 0.6) is 5.75 Å². The van der Waals surface area contributed by atoms with Gasteiger partial charge in [0.1, 0.15) is 16.7 Å². The Morgan fingerprint density at radius 1 is 1.28 bits per heavy atom. The summed E-state index contributed by atoms with van der Waals surface area (Å²) < 4.78 is 6.98. The van der Waals surface area contributed by atoms with Gasteiger partial charge < -0.3 is 14.6 Å². The molecule has 0 radical (unpaired) electrons. The SMILES string of the molecule is COc1ccc(CNCc2ncc(Cl)n2C)cc1. The summed E-state index contributed by atoms with van der Waals surface area (Å²) in [5.74, 6) is 1.79. The molecule has 1 aromatic carbocycles. The third-order valence-electron chi connectivity index (χ3n) is 2.80. The fraction of sp³-hybridized carbons (Fsp3) is 0.308. The van der Waals surface area contributed by atoms with E-state index in [9.17, 15) is 0 Å². The zero-order valence-electron chi connectivity index (χ0n) is 10.5. The van der Waals surface area contributed by atoms with Crippen molar-refractivity contribution in [3.05, 3.63) is 47.0 Å². The minimum absolute atomic E-state index is 0.649. The minimum Gasteiger partial charge on any atom is -0.497 e. The summed E-state index contributed by atoms with van der Waals surface area (Å²) in [5.41, 5.74) is 1.20. The molecule has 96 valence electrons. The van der Waals surface area contributed by atoms with Crippen LogP contribution in [0.4, 0.5) is 0 Å². The lowest BCUT2D eigenvalue weighted by molar-refractivity contribution is 0.414. The van der Waals surface area contributed by atoms with Crippen LogP contribution in [0.25, 0.3) is 0 Å². The number of nitrogens with one attached hydrogen (secondary N) is 1. The van der Waals surface area contributed by atoms with E-state index in [0.717, 1.165) is 18.1 Å². The van der Waals surface area contributed by atoms with Crippen molar-refractivity contribution in [2.24, 2.45) is 7.05 Å². The average molecular weight is 266 g/mol. The summed E-state index contributed by atoms with van der Waals surface area (Å²) in [5, 5.41) is 3.98. The first-order valence-corrected chi connectivity index (χ1v) is 6.08. The normalized spacial score (nSPS) is 10.6. The molecule has 0 saturated carbocycles. The van der Waals surface area contributed by atoms with Gasteiger partial charge in [0.25, 0.3) is 0 Å². The van der Waals surface area contributed by atoms with E-state index in [2.05, 4.69) is 10.3 Å². The molecule has 2 rings (SSSR count). The molecule has 1 aromatic heterocycles. The second kappa shape index (κ2) is 5.89. The number of aromatic nitrogens is 2. The molecule has 0 unspecified atom stereocenters. The third-order valence-corrected chi connectivity index (χ3v) is 3.15. The maximum absolute atomic E-state index is 5.92. The number of rotatable bonds is 5. The van der Waals surface area contributed by atoms with E-state index in [4.69, 9.17) is 16.3 Å². The molecule has 1 N–H and O–H groups in total. The number of imidazole rings is 1. The number of hydrogen-bond donors (Lipinski definition) is 1. The molecular weight excluding hydrogens is 250 g/mol. The van der Waals surface area contributed by atoms with Crippen LogP contribution < -0.4 is 10.1 Å². The number of hydrogen-bond acceptors (Lipinski definition) is 3. The fourth-order valence-corrected chi connectivity index (χ4v) is 1.80. The Balaban J connectivity index is 1.86. The smallest absolute Gasteiger partial charge is 0.128 e. The monoisotopic (exact) mass is 265 g/mol. The lowest BCUT2D eigenvalue weighted by Crippen LogP contribution is -2.15. The van der Waals surface area contributed by atoms with Crippen LogP contribution >= 0.6 is 11.6 Å². The number of benzene rings is 1. The first kappa shape index (κ1) is 12.9. The van der Waals surface area contributed by atoms with Crippen molar-refractivity contribution in [3.63, 3.8) is 0 Å². The van der Waals surface area contributed by atoms with Crippen LogP contribution in [0.15, 0.2) is 30.5 Å². The summed E-state index contributed by atoms with van der Waals surface area (Å²) in [7, 11) is 3.57. The highest BCUT2D eigenvalue weighted by atomic mass is 35.5. The van der Waals surface area contributed by atoms with Crippen molar-refractivity contribution in [2.45, 2.75) is 13.1 Å². The summed E-state index contributed by atoms with van der Waals surface area (Å²) in [6, 6.07) is 7.98. The van der Waals surface area contributed by atoms with Crippen LogP contribution in [0, 0.1) is 0 Å². The second-order valence-electron chi connectivity index (χ2n) is 4.01. The Morgan fingerprint density at radius 2 is 2.00 bits per heavy atom. The lowest BCUT2D eigenvalue weighted by Gasteiger charge is -2.06. The Bertz CT molecular complexity index is 507. The van der Waals surface area contributed by atoms with Gasteiger partial charge >= 0.3 is 0 Å². The zero-order chi connectivity index (χ0) is 13.0. The first-order valence-electron chi connectivity index (χ1n) is 5.70. The van der Waals surface area contributed by atoms with Gasteiger partial charge in [0.05, 0.1) is 19.9 Å². The molecule has 1 heterocycles. The first-order chi connectivity index (χ1) is 8.70.